The van der Waals surface area contributed by atoms with Gasteiger partial charge in [0.05, 0.1) is 6.61 Å². The first-order chi connectivity index (χ1) is 9.70. The van der Waals surface area contributed by atoms with Crippen LogP contribution in [0, 0.1) is 0 Å². The fourth-order valence-electron chi connectivity index (χ4n) is 3.75. The van der Waals surface area contributed by atoms with Crippen molar-refractivity contribution in [2.75, 3.05) is 20.7 Å². The molecule has 1 atom stereocenters. The van der Waals surface area contributed by atoms with E-state index in [1.54, 1.807) is 0 Å². The molecule has 2 heteroatoms. The average molecular weight is 269 g/mol. The van der Waals surface area contributed by atoms with Gasteiger partial charge >= 0.3 is 0 Å². The summed E-state index contributed by atoms with van der Waals surface area (Å²) in [5.74, 6) is 1.14. The molecule has 2 aliphatic rings. The Morgan fingerprint density at radius 1 is 1.20 bits per heavy atom. The molecule has 1 saturated carbocycles. The van der Waals surface area contributed by atoms with E-state index in [2.05, 4.69) is 62.3 Å². The molecule has 106 valence electrons. The number of nitrogens with zero attached hydrogens (tertiary/aromatic N) is 1. The summed E-state index contributed by atoms with van der Waals surface area (Å²) in [5, 5.41) is 0. The maximum absolute atomic E-state index is 6.01. The van der Waals surface area contributed by atoms with Gasteiger partial charge in [0.15, 0.2) is 0 Å². The van der Waals surface area contributed by atoms with Gasteiger partial charge in [0.2, 0.25) is 0 Å². The number of allylic oxidation sites excluding steroid dienone is 2. The van der Waals surface area contributed by atoms with Crippen LogP contribution in [0.4, 0.5) is 0 Å². The fourth-order valence-corrected chi connectivity index (χ4v) is 3.75. The number of rotatable bonds is 4. The van der Waals surface area contributed by atoms with Crippen LogP contribution in [0.2, 0.25) is 0 Å². The minimum absolute atomic E-state index is 0.00118. The van der Waals surface area contributed by atoms with Crippen LogP contribution in [-0.4, -0.2) is 31.1 Å². The highest BCUT2D eigenvalue weighted by atomic mass is 16.5. The molecule has 0 amide bonds. The summed E-state index contributed by atoms with van der Waals surface area (Å²) in [5.41, 5.74) is 4.23. The topological polar surface area (TPSA) is 12.5 Å². The highest BCUT2D eigenvalue weighted by Gasteiger charge is 2.49. The monoisotopic (exact) mass is 269 g/mol. The lowest BCUT2D eigenvalue weighted by Gasteiger charge is -2.37. The Hall–Kier alpha value is -1.54. The lowest BCUT2D eigenvalue weighted by molar-refractivity contribution is 0.119. The number of hydrogen-bond donors (Lipinski definition) is 0. The molecule has 0 aliphatic heterocycles. The van der Waals surface area contributed by atoms with Gasteiger partial charge in [-0.1, -0.05) is 30.3 Å². The average Bonchev–Trinajstić information content (AvgIpc) is 3.00. The minimum Gasteiger partial charge on any atom is -0.496 e. The molecular formula is C18H23NO. The molecule has 0 heterocycles. The Bertz CT molecular complexity index is 556. The van der Waals surface area contributed by atoms with E-state index < -0.39 is 0 Å². The smallest absolute Gasteiger partial charge is 0.121 e. The lowest BCUT2D eigenvalue weighted by Crippen LogP contribution is -2.44. The zero-order chi connectivity index (χ0) is 14.2. The molecule has 0 radical (unpaired) electrons. The molecule has 1 fully saturated rings. The molecule has 0 bridgehead atoms. The summed E-state index contributed by atoms with van der Waals surface area (Å²) in [7, 11) is 4.35. The second-order valence-electron chi connectivity index (χ2n) is 5.81. The highest BCUT2D eigenvalue weighted by Crippen LogP contribution is 2.52. The lowest BCUT2D eigenvalue weighted by atomic mass is 9.90. The van der Waals surface area contributed by atoms with Crippen LogP contribution in [-0.2, 0) is 4.74 Å². The fraction of sp³-hybridized carbons (Fsp3) is 0.444. The van der Waals surface area contributed by atoms with Crippen molar-refractivity contribution in [2.45, 2.75) is 31.7 Å². The van der Waals surface area contributed by atoms with Crippen molar-refractivity contribution in [3.63, 3.8) is 0 Å². The van der Waals surface area contributed by atoms with Crippen LogP contribution in [0.1, 0.15) is 31.7 Å². The number of hydrogen-bond acceptors (Lipinski definition) is 2. The van der Waals surface area contributed by atoms with Crippen LogP contribution in [0.15, 0.2) is 47.7 Å². The van der Waals surface area contributed by atoms with Crippen LogP contribution in [0.5, 0.6) is 0 Å². The first-order valence-electron chi connectivity index (χ1n) is 7.51. The third-order valence-electron chi connectivity index (χ3n) is 4.62. The Morgan fingerprint density at radius 3 is 2.60 bits per heavy atom. The van der Waals surface area contributed by atoms with Crippen molar-refractivity contribution in [1.82, 2.24) is 4.90 Å². The molecule has 0 saturated heterocycles. The largest absolute Gasteiger partial charge is 0.496 e. The summed E-state index contributed by atoms with van der Waals surface area (Å²) in [4.78, 5) is 2.34. The van der Waals surface area contributed by atoms with Gasteiger partial charge in [-0.05, 0) is 63.1 Å². The molecule has 1 aromatic carbocycles. The summed E-state index contributed by atoms with van der Waals surface area (Å²) in [6.07, 6.45) is 5.86. The quantitative estimate of drug-likeness (QED) is 0.823. The summed E-state index contributed by atoms with van der Waals surface area (Å²) < 4.78 is 6.01. The number of likely N-dealkylation sites (N-methyl/N-ethyl adjacent to an activating group) is 1. The third-order valence-corrected chi connectivity index (χ3v) is 4.62. The molecule has 2 aliphatic carbocycles. The van der Waals surface area contributed by atoms with Crippen LogP contribution < -0.4 is 0 Å². The van der Waals surface area contributed by atoms with E-state index in [1.807, 2.05) is 0 Å². The van der Waals surface area contributed by atoms with E-state index in [4.69, 9.17) is 4.74 Å². The standard InChI is InChI=1S/C18H23NO/c1-4-20-17-13-15(14-9-6-5-7-10-14)16-11-8-12-18(16,17)19(2)3/h5-7,9-10,13H,4,8,11-12H2,1-3H3. The predicted molar refractivity (Wildman–Crippen MR) is 83.3 cm³/mol. The first-order valence-corrected chi connectivity index (χ1v) is 7.51. The normalized spacial score (nSPS) is 25.1. The SMILES string of the molecule is CCOC1=CC(c2ccccc2)=C2CCCC12N(C)C. The number of fused-ring (bicyclic) bond motifs is 1. The van der Waals surface area contributed by atoms with Crippen molar-refractivity contribution in [2.24, 2.45) is 0 Å². The van der Waals surface area contributed by atoms with E-state index >= 15 is 0 Å². The van der Waals surface area contributed by atoms with Crippen molar-refractivity contribution in [1.29, 1.82) is 0 Å². The maximum Gasteiger partial charge on any atom is 0.121 e. The zero-order valence-corrected chi connectivity index (χ0v) is 12.6. The molecule has 20 heavy (non-hydrogen) atoms. The Balaban J connectivity index is 2.13. The van der Waals surface area contributed by atoms with Crippen molar-refractivity contribution < 1.29 is 4.74 Å². The van der Waals surface area contributed by atoms with Gasteiger partial charge in [-0.15, -0.1) is 0 Å². The van der Waals surface area contributed by atoms with E-state index in [0.29, 0.717) is 0 Å². The second-order valence-corrected chi connectivity index (χ2v) is 5.81. The molecule has 0 spiro atoms. The molecule has 1 aromatic rings. The van der Waals surface area contributed by atoms with Gasteiger partial charge in [0.1, 0.15) is 11.3 Å². The van der Waals surface area contributed by atoms with Crippen LogP contribution >= 0.6 is 0 Å². The van der Waals surface area contributed by atoms with Gasteiger partial charge in [-0.3, -0.25) is 4.90 Å². The third kappa shape index (κ3) is 1.82. The van der Waals surface area contributed by atoms with Crippen LogP contribution in [0.3, 0.4) is 0 Å². The molecule has 0 N–H and O–H groups in total. The van der Waals surface area contributed by atoms with E-state index in [1.165, 1.54) is 29.6 Å². The van der Waals surface area contributed by atoms with E-state index in [0.717, 1.165) is 18.8 Å². The maximum atomic E-state index is 6.01. The molecule has 3 rings (SSSR count). The Labute approximate surface area is 121 Å². The van der Waals surface area contributed by atoms with Gasteiger partial charge in [0.25, 0.3) is 0 Å². The second kappa shape index (κ2) is 5.10. The van der Waals surface area contributed by atoms with Crippen molar-refractivity contribution in [3.05, 3.63) is 53.3 Å². The van der Waals surface area contributed by atoms with E-state index in [9.17, 15) is 0 Å². The number of ether oxygens (including phenoxy) is 1. The van der Waals surface area contributed by atoms with Gasteiger partial charge in [-0.2, -0.15) is 0 Å². The van der Waals surface area contributed by atoms with Crippen LogP contribution in [0.25, 0.3) is 5.57 Å². The van der Waals surface area contributed by atoms with E-state index in [-0.39, 0.29) is 5.54 Å². The molecular weight excluding hydrogens is 246 g/mol. The molecule has 0 aromatic heterocycles. The molecule has 2 nitrogen and oxygen atoms in total. The van der Waals surface area contributed by atoms with Gasteiger partial charge in [0, 0.05) is 0 Å². The summed E-state index contributed by atoms with van der Waals surface area (Å²) in [6, 6.07) is 10.7. The highest BCUT2D eigenvalue weighted by molar-refractivity contribution is 5.84. The molecule has 1 unspecified atom stereocenters. The predicted octanol–water partition coefficient (Wildman–Crippen LogP) is 3.86. The number of benzene rings is 1. The van der Waals surface area contributed by atoms with Gasteiger partial charge < -0.3 is 4.74 Å². The first kappa shape index (κ1) is 13.4. The Kier molecular flexibility index (Phi) is 3.43. The van der Waals surface area contributed by atoms with Crippen molar-refractivity contribution in [3.8, 4) is 0 Å². The Morgan fingerprint density at radius 2 is 1.95 bits per heavy atom. The van der Waals surface area contributed by atoms with Gasteiger partial charge in [-0.25, -0.2) is 0 Å². The zero-order valence-electron chi connectivity index (χ0n) is 12.6. The summed E-state index contributed by atoms with van der Waals surface area (Å²) >= 11 is 0. The summed E-state index contributed by atoms with van der Waals surface area (Å²) in [6.45, 7) is 2.80. The van der Waals surface area contributed by atoms with Crippen molar-refractivity contribution >= 4 is 5.57 Å². The minimum atomic E-state index is 0.00118.